The number of carbonyl (C=O) groups is 2. The fourth-order valence-corrected chi connectivity index (χ4v) is 2.23. The minimum Gasteiger partial charge on any atom is -0.484 e. The third-order valence-corrected chi connectivity index (χ3v) is 3.51. The van der Waals surface area contributed by atoms with Gasteiger partial charge in [-0.2, -0.15) is 0 Å². The molecule has 0 bridgehead atoms. The number of benzene rings is 1. The number of methoxy groups -OCH3 is 1. The van der Waals surface area contributed by atoms with E-state index in [1.807, 2.05) is 19.1 Å². The summed E-state index contributed by atoms with van der Waals surface area (Å²) in [6, 6.07) is 7.15. The van der Waals surface area contributed by atoms with Crippen molar-refractivity contribution in [2.24, 2.45) is 0 Å². The molecule has 0 aliphatic carbocycles. The summed E-state index contributed by atoms with van der Waals surface area (Å²) in [5.41, 5.74) is -1.02. The van der Waals surface area contributed by atoms with Gasteiger partial charge in [0.05, 0.1) is 7.11 Å². The third-order valence-electron chi connectivity index (χ3n) is 2.98. The number of halogens is 1. The molecule has 6 heteroatoms. The van der Waals surface area contributed by atoms with E-state index in [2.05, 4.69) is 21.2 Å². The number of hydrogen-bond donors (Lipinski definition) is 1. The van der Waals surface area contributed by atoms with E-state index in [-0.39, 0.29) is 12.5 Å². The van der Waals surface area contributed by atoms with Gasteiger partial charge in [0.1, 0.15) is 11.3 Å². The Kier molecular flexibility index (Phi) is 6.68. The number of esters is 1. The maximum absolute atomic E-state index is 11.9. The molecule has 1 rings (SSSR count). The van der Waals surface area contributed by atoms with Crippen LogP contribution in [0.25, 0.3) is 0 Å². The first-order valence-electron chi connectivity index (χ1n) is 6.69. The van der Waals surface area contributed by atoms with Crippen molar-refractivity contribution < 1.29 is 19.1 Å². The Morgan fingerprint density at radius 1 is 1.29 bits per heavy atom. The highest BCUT2D eigenvalue weighted by molar-refractivity contribution is 9.10. The first-order chi connectivity index (χ1) is 9.91. The van der Waals surface area contributed by atoms with Crippen LogP contribution < -0.4 is 10.1 Å². The molecule has 0 fully saturated rings. The Labute approximate surface area is 133 Å². The van der Waals surface area contributed by atoms with E-state index < -0.39 is 11.5 Å². The molecular formula is C15H20BrNO4. The number of nitrogens with one attached hydrogen (secondary N) is 1. The fraction of sp³-hybridized carbons (Fsp3) is 0.467. The molecule has 5 nitrogen and oxygen atoms in total. The standard InChI is InChI=1S/C15H20BrNO4/c1-4-9-15(2,14(19)20-3)17-13(18)10-21-12-7-5-11(16)6-8-12/h5-8H,4,9-10H2,1-3H3,(H,17,18). The maximum atomic E-state index is 11.9. The average molecular weight is 358 g/mol. The Bertz CT molecular complexity index is 489. The zero-order chi connectivity index (χ0) is 15.9. The quantitative estimate of drug-likeness (QED) is 0.762. The summed E-state index contributed by atoms with van der Waals surface area (Å²) in [6.07, 6.45) is 1.25. The van der Waals surface area contributed by atoms with Gasteiger partial charge < -0.3 is 14.8 Å². The summed E-state index contributed by atoms with van der Waals surface area (Å²) in [5.74, 6) is -0.232. The first-order valence-corrected chi connectivity index (χ1v) is 7.48. The molecule has 116 valence electrons. The van der Waals surface area contributed by atoms with Crippen LogP contribution in [-0.2, 0) is 14.3 Å². The van der Waals surface area contributed by atoms with Crippen molar-refractivity contribution in [1.82, 2.24) is 5.32 Å². The third kappa shape index (κ3) is 5.38. The van der Waals surface area contributed by atoms with Gasteiger partial charge in [-0.3, -0.25) is 4.79 Å². The predicted octanol–water partition coefficient (Wildman–Crippen LogP) is 2.68. The molecule has 0 saturated heterocycles. The minimum atomic E-state index is -1.02. The van der Waals surface area contributed by atoms with E-state index in [1.54, 1.807) is 19.1 Å². The van der Waals surface area contributed by atoms with Crippen molar-refractivity contribution in [3.8, 4) is 5.75 Å². The van der Waals surface area contributed by atoms with Crippen LogP contribution in [0.3, 0.4) is 0 Å². The zero-order valence-electron chi connectivity index (χ0n) is 12.4. The molecule has 1 N–H and O–H groups in total. The molecular weight excluding hydrogens is 338 g/mol. The van der Waals surface area contributed by atoms with Gasteiger partial charge >= 0.3 is 5.97 Å². The lowest BCUT2D eigenvalue weighted by Gasteiger charge is -2.27. The molecule has 0 saturated carbocycles. The van der Waals surface area contributed by atoms with E-state index in [4.69, 9.17) is 9.47 Å². The van der Waals surface area contributed by atoms with Gasteiger partial charge in [0.25, 0.3) is 5.91 Å². The van der Waals surface area contributed by atoms with Crippen LogP contribution >= 0.6 is 15.9 Å². The molecule has 0 heterocycles. The molecule has 0 aliphatic rings. The van der Waals surface area contributed by atoms with Crippen LogP contribution in [0.1, 0.15) is 26.7 Å². The van der Waals surface area contributed by atoms with E-state index in [1.165, 1.54) is 7.11 Å². The zero-order valence-corrected chi connectivity index (χ0v) is 14.0. The average Bonchev–Trinajstić information content (AvgIpc) is 2.46. The molecule has 0 aliphatic heterocycles. The second-order valence-corrected chi connectivity index (χ2v) is 5.78. The topological polar surface area (TPSA) is 64.6 Å². The Balaban J connectivity index is 2.58. The molecule has 0 radical (unpaired) electrons. The van der Waals surface area contributed by atoms with Gasteiger partial charge in [-0.05, 0) is 37.6 Å². The molecule has 1 aromatic rings. The van der Waals surface area contributed by atoms with Gasteiger partial charge in [-0.15, -0.1) is 0 Å². The Morgan fingerprint density at radius 2 is 1.90 bits per heavy atom. The molecule has 0 spiro atoms. The van der Waals surface area contributed by atoms with E-state index in [0.717, 1.165) is 10.9 Å². The number of carbonyl (C=O) groups excluding carboxylic acids is 2. The largest absolute Gasteiger partial charge is 0.484 e. The highest BCUT2D eigenvalue weighted by Gasteiger charge is 2.35. The number of hydrogen-bond acceptors (Lipinski definition) is 4. The second kappa shape index (κ2) is 8.02. The molecule has 0 aromatic heterocycles. The molecule has 21 heavy (non-hydrogen) atoms. The lowest BCUT2D eigenvalue weighted by Crippen LogP contribution is -2.53. The van der Waals surface area contributed by atoms with E-state index >= 15 is 0 Å². The normalized spacial score (nSPS) is 13.1. The summed E-state index contributed by atoms with van der Waals surface area (Å²) in [7, 11) is 1.31. The van der Waals surface area contributed by atoms with Gasteiger partial charge in [-0.25, -0.2) is 4.79 Å². The smallest absolute Gasteiger partial charge is 0.331 e. The molecule has 1 unspecified atom stereocenters. The SMILES string of the molecule is CCCC(C)(NC(=O)COc1ccc(Br)cc1)C(=O)OC. The summed E-state index contributed by atoms with van der Waals surface area (Å²) >= 11 is 3.32. The minimum absolute atomic E-state index is 0.155. The van der Waals surface area contributed by atoms with Crippen molar-refractivity contribution in [1.29, 1.82) is 0 Å². The monoisotopic (exact) mass is 357 g/mol. The highest BCUT2D eigenvalue weighted by Crippen LogP contribution is 2.17. The van der Waals surface area contributed by atoms with Crippen molar-refractivity contribution >= 4 is 27.8 Å². The number of rotatable bonds is 7. The highest BCUT2D eigenvalue weighted by atomic mass is 79.9. The van der Waals surface area contributed by atoms with Crippen molar-refractivity contribution in [2.75, 3.05) is 13.7 Å². The van der Waals surface area contributed by atoms with Crippen LogP contribution in [0.5, 0.6) is 5.75 Å². The fourth-order valence-electron chi connectivity index (χ4n) is 1.96. The van der Waals surface area contributed by atoms with Gasteiger partial charge in [-0.1, -0.05) is 29.3 Å². The predicted molar refractivity (Wildman–Crippen MR) is 83.1 cm³/mol. The summed E-state index contributed by atoms with van der Waals surface area (Å²) in [6.45, 7) is 3.43. The number of ether oxygens (including phenoxy) is 2. The lowest BCUT2D eigenvalue weighted by atomic mass is 9.96. The van der Waals surface area contributed by atoms with Gasteiger partial charge in [0.15, 0.2) is 6.61 Å². The Hall–Kier alpha value is -1.56. The lowest BCUT2D eigenvalue weighted by molar-refractivity contribution is -0.150. The van der Waals surface area contributed by atoms with Crippen LogP contribution in [0, 0.1) is 0 Å². The molecule has 1 aromatic carbocycles. The van der Waals surface area contributed by atoms with Crippen molar-refractivity contribution in [2.45, 2.75) is 32.2 Å². The maximum Gasteiger partial charge on any atom is 0.331 e. The Morgan fingerprint density at radius 3 is 2.43 bits per heavy atom. The number of amides is 1. The summed E-state index contributed by atoms with van der Waals surface area (Å²) in [4.78, 5) is 23.7. The van der Waals surface area contributed by atoms with Gasteiger partial charge in [0, 0.05) is 4.47 Å². The first kappa shape index (κ1) is 17.5. The second-order valence-electron chi connectivity index (χ2n) is 4.86. The summed E-state index contributed by atoms with van der Waals surface area (Å²) < 4.78 is 11.1. The van der Waals surface area contributed by atoms with Gasteiger partial charge in [0.2, 0.25) is 0 Å². The summed E-state index contributed by atoms with van der Waals surface area (Å²) in [5, 5.41) is 2.68. The van der Waals surface area contributed by atoms with Crippen LogP contribution in [0.4, 0.5) is 0 Å². The molecule has 1 atom stereocenters. The van der Waals surface area contributed by atoms with Crippen LogP contribution in [-0.4, -0.2) is 31.1 Å². The molecule has 1 amide bonds. The van der Waals surface area contributed by atoms with E-state index in [0.29, 0.717) is 12.2 Å². The van der Waals surface area contributed by atoms with Crippen LogP contribution in [0.2, 0.25) is 0 Å². The van der Waals surface area contributed by atoms with E-state index in [9.17, 15) is 9.59 Å². The van der Waals surface area contributed by atoms with Crippen molar-refractivity contribution in [3.05, 3.63) is 28.7 Å². The van der Waals surface area contributed by atoms with Crippen LogP contribution in [0.15, 0.2) is 28.7 Å². The van der Waals surface area contributed by atoms with Crippen molar-refractivity contribution in [3.63, 3.8) is 0 Å².